The lowest BCUT2D eigenvalue weighted by Gasteiger charge is -2.25. The Morgan fingerprint density at radius 2 is 1.91 bits per heavy atom. The van der Waals surface area contributed by atoms with Gasteiger partial charge < -0.3 is 14.4 Å². The van der Waals surface area contributed by atoms with Crippen LogP contribution < -0.4 is 14.4 Å². The molecule has 0 unspecified atom stereocenters. The second kappa shape index (κ2) is 9.27. The normalized spacial score (nSPS) is 12.5. The summed E-state index contributed by atoms with van der Waals surface area (Å²) in [5.41, 5.74) is 0.547. The fourth-order valence-electron chi connectivity index (χ4n) is 3.42. The monoisotopic (exact) mass is 476 g/mol. The number of hydrogen-bond acceptors (Lipinski definition) is 8. The van der Waals surface area contributed by atoms with Crippen LogP contribution in [0.25, 0.3) is 10.2 Å². The van der Waals surface area contributed by atoms with Gasteiger partial charge >= 0.3 is 0 Å². The Labute approximate surface area is 193 Å². The van der Waals surface area contributed by atoms with Gasteiger partial charge in [0.05, 0.1) is 25.7 Å². The van der Waals surface area contributed by atoms with Gasteiger partial charge in [0.2, 0.25) is 6.79 Å². The number of rotatable bonds is 8. The van der Waals surface area contributed by atoms with Crippen LogP contribution in [0.3, 0.4) is 0 Å². The molecule has 0 saturated carbocycles. The minimum atomic E-state index is -0.549. The van der Waals surface area contributed by atoms with Crippen molar-refractivity contribution < 1.29 is 19.2 Å². The first kappa shape index (κ1) is 22.3. The van der Waals surface area contributed by atoms with E-state index in [1.54, 1.807) is 6.07 Å². The van der Waals surface area contributed by atoms with Crippen molar-refractivity contribution in [1.82, 2.24) is 9.88 Å². The molecule has 9 nitrogen and oxygen atoms in total. The van der Waals surface area contributed by atoms with Gasteiger partial charge in [-0.05, 0) is 19.2 Å². The number of non-ortho nitro benzene ring substituents is 1. The third-order valence-electron chi connectivity index (χ3n) is 5.27. The van der Waals surface area contributed by atoms with Crippen LogP contribution in [0.5, 0.6) is 11.5 Å². The quantitative estimate of drug-likeness (QED) is 0.346. The van der Waals surface area contributed by atoms with Crippen molar-refractivity contribution in [2.24, 2.45) is 0 Å². The van der Waals surface area contributed by atoms with Crippen LogP contribution in [0, 0.1) is 10.1 Å². The molecular weight excluding hydrogens is 456 g/mol. The third-order valence-corrected chi connectivity index (χ3v) is 6.64. The number of likely N-dealkylation sites (N-methyl/N-ethyl adjacent to an activating group) is 1. The maximum atomic E-state index is 13.5. The minimum Gasteiger partial charge on any atom is -0.454 e. The SMILES string of the molecule is CCN(CC)CCN(C(=O)c1cc([N+](=O)[O-])ccc1Cl)c1nc2cc3c(cc2s1)OCO3. The predicted molar refractivity (Wildman–Crippen MR) is 123 cm³/mol. The van der Waals surface area contributed by atoms with E-state index in [9.17, 15) is 14.9 Å². The zero-order chi connectivity index (χ0) is 22.8. The molecule has 0 N–H and O–H groups in total. The highest BCUT2D eigenvalue weighted by molar-refractivity contribution is 7.22. The number of carbonyl (C=O) groups excluding carboxylic acids is 1. The average Bonchev–Trinajstić information content (AvgIpc) is 3.40. The molecule has 0 spiro atoms. The summed E-state index contributed by atoms with van der Waals surface area (Å²) in [5.74, 6) is 0.803. The van der Waals surface area contributed by atoms with Crippen molar-refractivity contribution in [3.63, 3.8) is 0 Å². The molecule has 4 rings (SSSR count). The van der Waals surface area contributed by atoms with Gasteiger partial charge in [-0.15, -0.1) is 0 Å². The maximum Gasteiger partial charge on any atom is 0.270 e. The van der Waals surface area contributed by atoms with E-state index in [2.05, 4.69) is 9.88 Å². The molecule has 3 aromatic rings. The molecule has 168 valence electrons. The van der Waals surface area contributed by atoms with Gasteiger partial charge in [-0.3, -0.25) is 19.8 Å². The largest absolute Gasteiger partial charge is 0.454 e. The van der Waals surface area contributed by atoms with Crippen molar-refractivity contribution in [1.29, 1.82) is 0 Å². The Hall–Kier alpha value is -2.95. The number of aromatic nitrogens is 1. The standard InChI is InChI=1S/C21H21ClN4O5S/c1-3-24(4-2)7-8-25(20(27)14-9-13(26(28)29)5-6-15(14)22)21-23-16-10-17-18(31-12-30-17)11-19(16)32-21/h5-6,9-11H,3-4,7-8,12H2,1-2H3. The molecule has 1 aliphatic heterocycles. The van der Waals surface area contributed by atoms with Crippen LogP contribution in [0.15, 0.2) is 30.3 Å². The van der Waals surface area contributed by atoms with Crippen LogP contribution >= 0.6 is 22.9 Å². The van der Waals surface area contributed by atoms with E-state index >= 15 is 0 Å². The zero-order valence-electron chi connectivity index (χ0n) is 17.5. The smallest absolute Gasteiger partial charge is 0.270 e. The van der Waals surface area contributed by atoms with Gasteiger partial charge in [0.15, 0.2) is 16.6 Å². The number of thiazole rings is 1. The number of halogens is 1. The van der Waals surface area contributed by atoms with E-state index in [-0.39, 0.29) is 23.1 Å². The Morgan fingerprint density at radius 3 is 2.59 bits per heavy atom. The van der Waals surface area contributed by atoms with Crippen molar-refractivity contribution in [3.05, 3.63) is 51.0 Å². The first-order valence-electron chi connectivity index (χ1n) is 10.1. The lowest BCUT2D eigenvalue weighted by molar-refractivity contribution is -0.384. The number of carbonyl (C=O) groups is 1. The molecule has 2 heterocycles. The highest BCUT2D eigenvalue weighted by Gasteiger charge is 2.26. The highest BCUT2D eigenvalue weighted by Crippen LogP contribution is 2.40. The van der Waals surface area contributed by atoms with Crippen molar-refractivity contribution in [2.45, 2.75) is 13.8 Å². The molecule has 0 atom stereocenters. The molecule has 1 amide bonds. The Morgan fingerprint density at radius 1 is 1.19 bits per heavy atom. The summed E-state index contributed by atoms with van der Waals surface area (Å²) in [4.78, 5) is 32.6. The molecular formula is C21H21ClN4O5S. The number of nitro groups is 1. The van der Waals surface area contributed by atoms with E-state index in [4.69, 9.17) is 21.1 Å². The number of benzene rings is 2. The number of hydrogen-bond donors (Lipinski definition) is 0. The van der Waals surface area contributed by atoms with Crippen molar-refractivity contribution in [3.8, 4) is 11.5 Å². The fourth-order valence-corrected chi connectivity index (χ4v) is 4.62. The van der Waals surface area contributed by atoms with Gasteiger partial charge in [0.25, 0.3) is 11.6 Å². The van der Waals surface area contributed by atoms with Crippen LogP contribution in [0.4, 0.5) is 10.8 Å². The van der Waals surface area contributed by atoms with Gasteiger partial charge in [-0.25, -0.2) is 4.98 Å². The first-order chi connectivity index (χ1) is 15.4. The number of nitro benzene ring substituents is 1. The van der Waals surface area contributed by atoms with E-state index < -0.39 is 10.8 Å². The summed E-state index contributed by atoms with van der Waals surface area (Å²) in [6.07, 6.45) is 0. The molecule has 2 aromatic carbocycles. The summed E-state index contributed by atoms with van der Waals surface area (Å²) >= 11 is 7.60. The first-order valence-corrected chi connectivity index (χ1v) is 11.3. The van der Waals surface area contributed by atoms with Gasteiger partial charge in [0, 0.05) is 37.4 Å². The van der Waals surface area contributed by atoms with E-state index in [1.807, 2.05) is 19.9 Å². The number of ether oxygens (including phenoxy) is 2. The summed E-state index contributed by atoms with van der Waals surface area (Å²) < 4.78 is 11.7. The lowest BCUT2D eigenvalue weighted by atomic mass is 10.1. The Bertz CT molecular complexity index is 1140. The molecule has 1 aromatic heterocycles. The predicted octanol–water partition coefficient (Wildman–Crippen LogP) is 4.58. The average molecular weight is 477 g/mol. The molecule has 1 aliphatic rings. The molecule has 11 heteroatoms. The molecule has 0 radical (unpaired) electrons. The summed E-state index contributed by atoms with van der Waals surface area (Å²) in [5, 5.41) is 11.9. The number of amides is 1. The van der Waals surface area contributed by atoms with Gasteiger partial charge in [-0.1, -0.05) is 36.8 Å². The van der Waals surface area contributed by atoms with Crippen LogP contribution in [0.1, 0.15) is 24.2 Å². The minimum absolute atomic E-state index is 0.0637. The van der Waals surface area contributed by atoms with Gasteiger partial charge in [-0.2, -0.15) is 0 Å². The Balaban J connectivity index is 1.73. The highest BCUT2D eigenvalue weighted by atomic mass is 35.5. The summed E-state index contributed by atoms with van der Waals surface area (Å²) in [6, 6.07) is 7.47. The number of anilines is 1. The molecule has 0 aliphatic carbocycles. The van der Waals surface area contributed by atoms with Crippen molar-refractivity contribution >= 4 is 49.9 Å². The molecule has 0 fully saturated rings. The van der Waals surface area contributed by atoms with E-state index in [0.717, 1.165) is 17.8 Å². The second-order valence-corrected chi connectivity index (χ2v) is 8.49. The van der Waals surface area contributed by atoms with Crippen LogP contribution in [-0.2, 0) is 0 Å². The van der Waals surface area contributed by atoms with E-state index in [1.165, 1.54) is 34.4 Å². The number of fused-ring (bicyclic) bond motifs is 2. The Kier molecular flexibility index (Phi) is 6.45. The third kappa shape index (κ3) is 4.34. The van der Waals surface area contributed by atoms with Gasteiger partial charge in [0.1, 0.15) is 0 Å². The zero-order valence-corrected chi connectivity index (χ0v) is 19.1. The van der Waals surface area contributed by atoms with Crippen molar-refractivity contribution in [2.75, 3.05) is 37.9 Å². The molecule has 32 heavy (non-hydrogen) atoms. The molecule has 0 bridgehead atoms. The fraction of sp³-hybridized carbons (Fsp3) is 0.333. The summed E-state index contributed by atoms with van der Waals surface area (Å²) in [6.45, 7) is 6.89. The summed E-state index contributed by atoms with van der Waals surface area (Å²) in [7, 11) is 0. The number of nitrogens with zero attached hydrogens (tertiary/aromatic N) is 4. The topological polar surface area (TPSA) is 98.0 Å². The lowest BCUT2D eigenvalue weighted by Crippen LogP contribution is -2.39. The van der Waals surface area contributed by atoms with Crippen LogP contribution in [-0.4, -0.2) is 53.7 Å². The van der Waals surface area contributed by atoms with E-state index in [0.29, 0.717) is 35.2 Å². The van der Waals surface area contributed by atoms with Crippen LogP contribution in [0.2, 0.25) is 5.02 Å². The second-order valence-electron chi connectivity index (χ2n) is 7.07. The maximum absolute atomic E-state index is 13.5. The molecule has 0 saturated heterocycles.